The van der Waals surface area contributed by atoms with Crippen LogP contribution in [-0.4, -0.2) is 11.8 Å². The smallest absolute Gasteiger partial charge is 0.233 e. The fraction of sp³-hybridized carbons (Fsp3) is 0.222. The van der Waals surface area contributed by atoms with E-state index in [0.717, 1.165) is 22.4 Å². The summed E-state index contributed by atoms with van der Waals surface area (Å²) in [6, 6.07) is 10.9. The van der Waals surface area contributed by atoms with E-state index >= 15 is 0 Å². The molecule has 0 atom stereocenters. The van der Waals surface area contributed by atoms with Crippen molar-refractivity contribution in [2.45, 2.75) is 27.2 Å². The first-order valence-electron chi connectivity index (χ1n) is 7.29. The molecule has 2 aromatic rings. The fourth-order valence-corrected chi connectivity index (χ4v) is 2.28. The van der Waals surface area contributed by atoms with Gasteiger partial charge in [0.05, 0.1) is 0 Å². The molecular formula is C18H19ClN2O2. The van der Waals surface area contributed by atoms with E-state index in [2.05, 4.69) is 10.6 Å². The summed E-state index contributed by atoms with van der Waals surface area (Å²) in [5.74, 6) is -0.734. The summed E-state index contributed by atoms with van der Waals surface area (Å²) in [7, 11) is 0. The molecule has 0 bridgehead atoms. The molecule has 2 amide bonds. The Morgan fingerprint density at radius 3 is 2.35 bits per heavy atom. The lowest BCUT2D eigenvalue weighted by Crippen LogP contribution is -2.21. The molecule has 2 rings (SSSR count). The quantitative estimate of drug-likeness (QED) is 0.824. The van der Waals surface area contributed by atoms with Crippen LogP contribution in [0.3, 0.4) is 0 Å². The molecule has 0 saturated carbocycles. The van der Waals surface area contributed by atoms with Gasteiger partial charge in [-0.1, -0.05) is 29.8 Å². The third-order valence-electron chi connectivity index (χ3n) is 3.66. The van der Waals surface area contributed by atoms with Gasteiger partial charge in [0.25, 0.3) is 0 Å². The Kier molecular flexibility index (Phi) is 5.40. The van der Waals surface area contributed by atoms with E-state index in [0.29, 0.717) is 10.7 Å². The Balaban J connectivity index is 1.95. The minimum absolute atomic E-state index is 0.251. The summed E-state index contributed by atoms with van der Waals surface area (Å²) in [6.07, 6.45) is -0.251. The number of carbonyl (C=O) groups excluding carboxylic acids is 2. The highest BCUT2D eigenvalue weighted by atomic mass is 35.5. The Labute approximate surface area is 140 Å². The summed E-state index contributed by atoms with van der Waals surface area (Å²) in [4.78, 5) is 23.9. The maximum atomic E-state index is 12.0. The zero-order valence-corrected chi connectivity index (χ0v) is 14.1. The number of rotatable bonds is 4. The zero-order valence-electron chi connectivity index (χ0n) is 13.4. The standard InChI is InChI=1S/C18H19ClN2O2/c1-11-5-4-6-16(13(11)3)21-18(23)10-17(22)20-14-8-7-12(2)15(19)9-14/h4-9H,10H2,1-3H3,(H,20,22)(H,21,23). The summed E-state index contributed by atoms with van der Waals surface area (Å²) in [5, 5.41) is 6.00. The summed E-state index contributed by atoms with van der Waals surface area (Å²) >= 11 is 6.01. The second-order valence-electron chi connectivity index (χ2n) is 5.48. The average molecular weight is 331 g/mol. The van der Waals surface area contributed by atoms with Gasteiger partial charge >= 0.3 is 0 Å². The molecule has 120 valence electrons. The van der Waals surface area contributed by atoms with Gasteiger partial charge in [0.15, 0.2) is 0 Å². The van der Waals surface area contributed by atoms with Crippen molar-refractivity contribution in [2.75, 3.05) is 10.6 Å². The Hall–Kier alpha value is -2.33. The number of aryl methyl sites for hydroxylation is 2. The Morgan fingerprint density at radius 1 is 0.957 bits per heavy atom. The molecule has 0 unspecified atom stereocenters. The molecule has 2 aromatic carbocycles. The SMILES string of the molecule is Cc1ccc(NC(=O)CC(=O)Nc2cccc(C)c2C)cc1Cl. The molecule has 0 saturated heterocycles. The van der Waals surface area contributed by atoms with Gasteiger partial charge in [0.1, 0.15) is 6.42 Å². The number of amides is 2. The van der Waals surface area contributed by atoms with Gasteiger partial charge in [0, 0.05) is 16.4 Å². The van der Waals surface area contributed by atoms with Crippen LogP contribution in [-0.2, 0) is 9.59 Å². The van der Waals surface area contributed by atoms with Crippen LogP contribution in [0.2, 0.25) is 5.02 Å². The number of nitrogens with one attached hydrogen (secondary N) is 2. The number of halogens is 1. The molecule has 23 heavy (non-hydrogen) atoms. The van der Waals surface area contributed by atoms with Crippen LogP contribution in [0.1, 0.15) is 23.1 Å². The van der Waals surface area contributed by atoms with E-state index < -0.39 is 0 Å². The normalized spacial score (nSPS) is 10.3. The molecule has 0 aliphatic carbocycles. The highest BCUT2D eigenvalue weighted by molar-refractivity contribution is 6.31. The summed E-state index contributed by atoms with van der Waals surface area (Å²) < 4.78 is 0. The molecule has 2 N–H and O–H groups in total. The topological polar surface area (TPSA) is 58.2 Å². The van der Waals surface area contributed by atoms with E-state index in [1.54, 1.807) is 12.1 Å². The van der Waals surface area contributed by atoms with E-state index in [4.69, 9.17) is 11.6 Å². The average Bonchev–Trinajstić information content (AvgIpc) is 2.47. The molecule has 0 heterocycles. The number of hydrogen-bond acceptors (Lipinski definition) is 2. The molecule has 0 aromatic heterocycles. The van der Waals surface area contributed by atoms with Crippen LogP contribution < -0.4 is 10.6 Å². The minimum atomic E-state index is -0.382. The highest BCUT2D eigenvalue weighted by Crippen LogP contribution is 2.20. The van der Waals surface area contributed by atoms with Gasteiger partial charge in [-0.05, 0) is 55.7 Å². The van der Waals surface area contributed by atoms with E-state index in [9.17, 15) is 9.59 Å². The van der Waals surface area contributed by atoms with Gasteiger partial charge < -0.3 is 10.6 Å². The third kappa shape index (κ3) is 4.57. The second-order valence-corrected chi connectivity index (χ2v) is 5.89. The van der Waals surface area contributed by atoms with Gasteiger partial charge in [0.2, 0.25) is 11.8 Å². The summed E-state index contributed by atoms with van der Waals surface area (Å²) in [5.41, 5.74) is 4.30. The van der Waals surface area contributed by atoms with Gasteiger partial charge in [-0.25, -0.2) is 0 Å². The molecule has 5 heteroatoms. The number of hydrogen-bond donors (Lipinski definition) is 2. The van der Waals surface area contributed by atoms with Gasteiger partial charge in [-0.3, -0.25) is 9.59 Å². The van der Waals surface area contributed by atoms with Crippen molar-refractivity contribution in [3.8, 4) is 0 Å². The van der Waals surface area contributed by atoms with Crippen molar-refractivity contribution in [1.29, 1.82) is 0 Å². The van der Waals surface area contributed by atoms with E-state index in [1.807, 2.05) is 45.0 Å². The monoisotopic (exact) mass is 330 g/mol. The first-order valence-corrected chi connectivity index (χ1v) is 7.66. The lowest BCUT2D eigenvalue weighted by molar-refractivity contribution is -0.123. The molecular weight excluding hydrogens is 312 g/mol. The number of carbonyl (C=O) groups is 2. The van der Waals surface area contributed by atoms with Crippen LogP contribution in [0.15, 0.2) is 36.4 Å². The van der Waals surface area contributed by atoms with Crippen molar-refractivity contribution in [3.05, 3.63) is 58.1 Å². The Morgan fingerprint density at radius 2 is 1.65 bits per heavy atom. The van der Waals surface area contributed by atoms with Crippen LogP contribution >= 0.6 is 11.6 Å². The lowest BCUT2D eigenvalue weighted by Gasteiger charge is -2.11. The van der Waals surface area contributed by atoms with Crippen molar-refractivity contribution < 1.29 is 9.59 Å². The highest BCUT2D eigenvalue weighted by Gasteiger charge is 2.12. The molecule has 0 radical (unpaired) electrons. The van der Waals surface area contributed by atoms with Gasteiger partial charge in [-0.15, -0.1) is 0 Å². The van der Waals surface area contributed by atoms with E-state index in [-0.39, 0.29) is 18.2 Å². The van der Waals surface area contributed by atoms with Crippen LogP contribution in [0.4, 0.5) is 11.4 Å². The largest absolute Gasteiger partial charge is 0.326 e. The molecule has 0 spiro atoms. The van der Waals surface area contributed by atoms with Crippen molar-refractivity contribution in [2.24, 2.45) is 0 Å². The van der Waals surface area contributed by atoms with Crippen LogP contribution in [0.5, 0.6) is 0 Å². The molecule has 0 fully saturated rings. The maximum Gasteiger partial charge on any atom is 0.233 e. The van der Waals surface area contributed by atoms with Crippen molar-refractivity contribution in [3.63, 3.8) is 0 Å². The summed E-state index contributed by atoms with van der Waals surface area (Å²) in [6.45, 7) is 5.78. The lowest BCUT2D eigenvalue weighted by atomic mass is 10.1. The van der Waals surface area contributed by atoms with Crippen molar-refractivity contribution in [1.82, 2.24) is 0 Å². The fourth-order valence-electron chi connectivity index (χ4n) is 2.10. The number of benzene rings is 2. The second kappa shape index (κ2) is 7.29. The Bertz CT molecular complexity index is 757. The predicted molar refractivity (Wildman–Crippen MR) is 94.0 cm³/mol. The first kappa shape index (κ1) is 17.0. The van der Waals surface area contributed by atoms with Crippen molar-refractivity contribution >= 4 is 34.8 Å². The predicted octanol–water partition coefficient (Wildman–Crippen LogP) is 4.23. The maximum absolute atomic E-state index is 12.0. The van der Waals surface area contributed by atoms with Gasteiger partial charge in [-0.2, -0.15) is 0 Å². The zero-order chi connectivity index (χ0) is 17.0. The molecule has 0 aliphatic heterocycles. The third-order valence-corrected chi connectivity index (χ3v) is 4.06. The molecule has 0 aliphatic rings. The van der Waals surface area contributed by atoms with Crippen LogP contribution in [0.25, 0.3) is 0 Å². The van der Waals surface area contributed by atoms with Crippen LogP contribution in [0, 0.1) is 20.8 Å². The first-order chi connectivity index (χ1) is 10.9. The molecule has 4 nitrogen and oxygen atoms in total. The van der Waals surface area contributed by atoms with E-state index in [1.165, 1.54) is 0 Å². The minimum Gasteiger partial charge on any atom is -0.326 e. The number of anilines is 2.